The molecule has 0 fully saturated rings. The molecule has 3 nitrogen and oxygen atoms in total. The van der Waals surface area contributed by atoms with Crippen LogP contribution in [0, 0.1) is 5.82 Å². The van der Waals surface area contributed by atoms with Gasteiger partial charge in [-0.2, -0.15) is 0 Å². The molecule has 0 bridgehead atoms. The van der Waals surface area contributed by atoms with Crippen molar-refractivity contribution in [3.8, 4) is 0 Å². The second kappa shape index (κ2) is 6.43. The van der Waals surface area contributed by atoms with Gasteiger partial charge in [0.1, 0.15) is 5.82 Å². The first-order valence-electron chi connectivity index (χ1n) is 5.62. The standard InChI is InChI=1S/C13H12BrClFN3/c14-9-4-5-11(18-7-9)12(19-17)6-8-2-1-3-10(15)13(8)16/h1-5,7,12,19H,6,17H2. The highest BCUT2D eigenvalue weighted by Crippen LogP contribution is 2.23. The van der Waals surface area contributed by atoms with Crippen LogP contribution >= 0.6 is 27.5 Å². The van der Waals surface area contributed by atoms with Crippen molar-refractivity contribution >= 4 is 27.5 Å². The highest BCUT2D eigenvalue weighted by molar-refractivity contribution is 9.10. The molecule has 0 saturated heterocycles. The summed E-state index contributed by atoms with van der Waals surface area (Å²) in [5.74, 6) is 5.11. The van der Waals surface area contributed by atoms with Crippen LogP contribution in [0.4, 0.5) is 4.39 Å². The van der Waals surface area contributed by atoms with E-state index in [1.165, 1.54) is 6.07 Å². The fraction of sp³-hybridized carbons (Fsp3) is 0.154. The first-order valence-corrected chi connectivity index (χ1v) is 6.79. The summed E-state index contributed by atoms with van der Waals surface area (Å²) in [7, 11) is 0. The van der Waals surface area contributed by atoms with Crippen molar-refractivity contribution in [1.29, 1.82) is 0 Å². The number of nitrogens with two attached hydrogens (primary N) is 1. The molecule has 1 atom stereocenters. The van der Waals surface area contributed by atoms with E-state index in [1.807, 2.05) is 12.1 Å². The van der Waals surface area contributed by atoms with Gasteiger partial charge in [0.2, 0.25) is 0 Å². The molecule has 0 aliphatic heterocycles. The number of hydrogen-bond donors (Lipinski definition) is 2. The maximum atomic E-state index is 13.8. The molecule has 2 rings (SSSR count). The molecule has 1 unspecified atom stereocenters. The molecule has 0 saturated carbocycles. The molecule has 0 aliphatic carbocycles. The Morgan fingerprint density at radius 1 is 1.37 bits per heavy atom. The van der Waals surface area contributed by atoms with Gasteiger partial charge in [-0.25, -0.2) is 4.39 Å². The number of halogens is 3. The maximum Gasteiger partial charge on any atom is 0.145 e. The zero-order valence-electron chi connectivity index (χ0n) is 9.91. The van der Waals surface area contributed by atoms with E-state index in [2.05, 4.69) is 26.3 Å². The number of hydrogen-bond acceptors (Lipinski definition) is 3. The number of aromatic nitrogens is 1. The number of nitrogens with zero attached hydrogens (tertiary/aromatic N) is 1. The first kappa shape index (κ1) is 14.4. The maximum absolute atomic E-state index is 13.8. The molecule has 1 aromatic heterocycles. The Hall–Kier alpha value is -1.01. The zero-order chi connectivity index (χ0) is 13.8. The molecule has 0 radical (unpaired) electrons. The van der Waals surface area contributed by atoms with Crippen molar-refractivity contribution in [1.82, 2.24) is 10.4 Å². The fourth-order valence-corrected chi connectivity index (χ4v) is 2.20. The van der Waals surface area contributed by atoms with Crippen molar-refractivity contribution in [2.24, 2.45) is 5.84 Å². The summed E-state index contributed by atoms with van der Waals surface area (Å²) in [5.41, 5.74) is 3.89. The number of benzene rings is 1. The van der Waals surface area contributed by atoms with E-state index < -0.39 is 5.82 Å². The topological polar surface area (TPSA) is 50.9 Å². The molecule has 1 aromatic carbocycles. The SMILES string of the molecule is NNC(Cc1cccc(Cl)c1F)c1ccc(Br)cn1. The van der Waals surface area contributed by atoms with Gasteiger partial charge in [0.05, 0.1) is 16.8 Å². The predicted molar refractivity (Wildman–Crippen MR) is 77.1 cm³/mol. The van der Waals surface area contributed by atoms with Crippen LogP contribution in [0.5, 0.6) is 0 Å². The predicted octanol–water partition coefficient (Wildman–Crippen LogP) is 3.38. The summed E-state index contributed by atoms with van der Waals surface area (Å²) in [4.78, 5) is 4.25. The Bertz CT molecular complexity index is 562. The molecular formula is C13H12BrClFN3. The van der Waals surface area contributed by atoms with Gasteiger partial charge >= 0.3 is 0 Å². The third kappa shape index (κ3) is 3.51. The molecular weight excluding hydrogens is 333 g/mol. The van der Waals surface area contributed by atoms with Gasteiger partial charge < -0.3 is 0 Å². The second-order valence-electron chi connectivity index (χ2n) is 4.04. The second-order valence-corrected chi connectivity index (χ2v) is 5.36. The van der Waals surface area contributed by atoms with E-state index in [1.54, 1.807) is 18.3 Å². The van der Waals surface area contributed by atoms with Crippen LogP contribution in [0.1, 0.15) is 17.3 Å². The number of pyridine rings is 1. The Morgan fingerprint density at radius 3 is 2.79 bits per heavy atom. The summed E-state index contributed by atoms with van der Waals surface area (Å²) >= 11 is 9.07. The van der Waals surface area contributed by atoms with Crippen LogP contribution < -0.4 is 11.3 Å². The summed E-state index contributed by atoms with van der Waals surface area (Å²) < 4.78 is 14.7. The van der Waals surface area contributed by atoms with E-state index in [-0.39, 0.29) is 11.1 Å². The highest BCUT2D eigenvalue weighted by atomic mass is 79.9. The van der Waals surface area contributed by atoms with Crippen molar-refractivity contribution in [3.63, 3.8) is 0 Å². The van der Waals surface area contributed by atoms with Crippen LogP contribution in [0.15, 0.2) is 41.0 Å². The van der Waals surface area contributed by atoms with Crippen molar-refractivity contribution in [2.75, 3.05) is 0 Å². The largest absolute Gasteiger partial charge is 0.271 e. The van der Waals surface area contributed by atoms with Crippen LogP contribution in [0.3, 0.4) is 0 Å². The minimum absolute atomic E-state index is 0.108. The first-order chi connectivity index (χ1) is 9.11. The minimum Gasteiger partial charge on any atom is -0.271 e. The van der Waals surface area contributed by atoms with Gasteiger partial charge in [0.25, 0.3) is 0 Å². The quantitative estimate of drug-likeness (QED) is 0.660. The van der Waals surface area contributed by atoms with E-state index in [0.29, 0.717) is 12.0 Å². The fourth-order valence-electron chi connectivity index (χ4n) is 1.77. The van der Waals surface area contributed by atoms with Gasteiger partial charge in [-0.05, 0) is 46.1 Å². The highest BCUT2D eigenvalue weighted by Gasteiger charge is 2.15. The van der Waals surface area contributed by atoms with Gasteiger partial charge in [-0.1, -0.05) is 23.7 Å². The smallest absolute Gasteiger partial charge is 0.145 e. The number of nitrogens with one attached hydrogen (secondary N) is 1. The minimum atomic E-state index is -0.415. The molecule has 0 amide bonds. The average Bonchev–Trinajstić information content (AvgIpc) is 2.42. The molecule has 0 spiro atoms. The lowest BCUT2D eigenvalue weighted by Crippen LogP contribution is -2.30. The Labute approximate surface area is 124 Å². The van der Waals surface area contributed by atoms with E-state index in [9.17, 15) is 4.39 Å². The number of rotatable bonds is 4. The lowest BCUT2D eigenvalue weighted by molar-refractivity contribution is 0.519. The number of hydrazine groups is 1. The summed E-state index contributed by atoms with van der Waals surface area (Å²) in [6, 6.07) is 8.33. The monoisotopic (exact) mass is 343 g/mol. The molecule has 100 valence electrons. The normalized spacial score (nSPS) is 12.4. The molecule has 0 aliphatic rings. The van der Waals surface area contributed by atoms with E-state index in [4.69, 9.17) is 17.4 Å². The van der Waals surface area contributed by atoms with Gasteiger partial charge in [-0.15, -0.1) is 0 Å². The molecule has 2 aromatic rings. The summed E-state index contributed by atoms with van der Waals surface area (Å²) in [5, 5.41) is 0.108. The van der Waals surface area contributed by atoms with E-state index >= 15 is 0 Å². The average molecular weight is 345 g/mol. The summed E-state index contributed by atoms with van der Waals surface area (Å²) in [6.45, 7) is 0. The molecule has 3 N–H and O–H groups in total. The van der Waals surface area contributed by atoms with Crippen molar-refractivity contribution in [3.05, 3.63) is 63.1 Å². The van der Waals surface area contributed by atoms with Crippen LogP contribution in [-0.4, -0.2) is 4.98 Å². The molecule has 6 heteroatoms. The van der Waals surface area contributed by atoms with Crippen molar-refractivity contribution in [2.45, 2.75) is 12.5 Å². The van der Waals surface area contributed by atoms with Crippen LogP contribution in [0.25, 0.3) is 0 Å². The Balaban J connectivity index is 2.24. The molecule has 19 heavy (non-hydrogen) atoms. The lowest BCUT2D eigenvalue weighted by Gasteiger charge is -2.16. The summed E-state index contributed by atoms with van der Waals surface area (Å²) in [6.07, 6.45) is 2.05. The Kier molecular flexibility index (Phi) is 4.87. The third-order valence-electron chi connectivity index (χ3n) is 2.76. The third-order valence-corrected chi connectivity index (χ3v) is 3.53. The van der Waals surface area contributed by atoms with Crippen molar-refractivity contribution < 1.29 is 4.39 Å². The lowest BCUT2D eigenvalue weighted by atomic mass is 10.0. The Morgan fingerprint density at radius 2 is 2.16 bits per heavy atom. The van der Waals surface area contributed by atoms with Crippen LogP contribution in [-0.2, 0) is 6.42 Å². The zero-order valence-corrected chi connectivity index (χ0v) is 12.2. The van der Waals surface area contributed by atoms with Gasteiger partial charge in [0, 0.05) is 10.7 Å². The van der Waals surface area contributed by atoms with E-state index in [0.717, 1.165) is 10.2 Å². The molecule has 1 heterocycles. The van der Waals surface area contributed by atoms with Gasteiger partial charge in [0.15, 0.2) is 0 Å². The van der Waals surface area contributed by atoms with Crippen LogP contribution in [0.2, 0.25) is 5.02 Å². The van der Waals surface area contributed by atoms with Gasteiger partial charge in [-0.3, -0.25) is 16.3 Å².